The number of fused-ring (bicyclic) bond motifs is 1. The molecule has 1 atom stereocenters. The van der Waals surface area contributed by atoms with Crippen molar-refractivity contribution in [1.82, 2.24) is 15.3 Å². The van der Waals surface area contributed by atoms with Crippen LogP contribution in [0.3, 0.4) is 0 Å². The predicted molar refractivity (Wildman–Crippen MR) is 61.3 cm³/mol. The summed E-state index contributed by atoms with van der Waals surface area (Å²) in [5.74, 6) is 0. The van der Waals surface area contributed by atoms with E-state index in [9.17, 15) is 0 Å². The fourth-order valence-electron chi connectivity index (χ4n) is 1.66. The third-order valence-corrected chi connectivity index (χ3v) is 2.30. The highest BCUT2D eigenvalue weighted by Gasteiger charge is 2.19. The van der Waals surface area contributed by atoms with Gasteiger partial charge in [0.15, 0.2) is 0 Å². The Hall–Kier alpha value is -0.380. The quantitative estimate of drug-likeness (QED) is 0.809. The molecule has 5 heteroatoms. The summed E-state index contributed by atoms with van der Waals surface area (Å²) in [5, 5.41) is 3.42. The van der Waals surface area contributed by atoms with Gasteiger partial charge in [-0.3, -0.25) is 9.97 Å². The highest BCUT2D eigenvalue weighted by atomic mass is 35.5. The van der Waals surface area contributed by atoms with Crippen molar-refractivity contribution in [3.8, 4) is 0 Å². The van der Waals surface area contributed by atoms with Gasteiger partial charge in [-0.15, -0.1) is 24.8 Å². The van der Waals surface area contributed by atoms with Crippen molar-refractivity contribution in [1.29, 1.82) is 0 Å². The molecule has 0 radical (unpaired) electrons. The standard InChI is InChI=1S/C9H13N3.2ClH/c1-2-7-9-8(3-4-10-7)11-5-6-12-9;;/h5-7,10H,2-4H2,1H3;2*1H. The van der Waals surface area contributed by atoms with E-state index in [1.54, 1.807) is 12.4 Å². The Morgan fingerprint density at radius 2 is 2.07 bits per heavy atom. The number of nitrogens with one attached hydrogen (secondary N) is 1. The lowest BCUT2D eigenvalue weighted by molar-refractivity contribution is 0.472. The zero-order valence-electron chi connectivity index (χ0n) is 8.06. The molecule has 0 amide bonds. The van der Waals surface area contributed by atoms with Crippen molar-refractivity contribution in [2.75, 3.05) is 6.54 Å². The van der Waals surface area contributed by atoms with E-state index >= 15 is 0 Å². The monoisotopic (exact) mass is 235 g/mol. The molecule has 1 aromatic rings. The first-order chi connectivity index (χ1) is 5.92. The zero-order valence-corrected chi connectivity index (χ0v) is 9.70. The predicted octanol–water partition coefficient (Wildman–Crippen LogP) is 1.92. The van der Waals surface area contributed by atoms with Gasteiger partial charge in [-0.1, -0.05) is 6.92 Å². The lowest BCUT2D eigenvalue weighted by Crippen LogP contribution is -2.30. The molecule has 2 rings (SSSR count). The molecule has 0 fully saturated rings. The van der Waals surface area contributed by atoms with E-state index in [0.717, 1.165) is 25.1 Å². The zero-order chi connectivity index (χ0) is 8.39. The van der Waals surface area contributed by atoms with Gasteiger partial charge in [-0.25, -0.2) is 0 Å². The van der Waals surface area contributed by atoms with Gasteiger partial charge in [0.1, 0.15) is 0 Å². The highest BCUT2D eigenvalue weighted by Crippen LogP contribution is 2.20. The Morgan fingerprint density at radius 3 is 2.79 bits per heavy atom. The smallest absolute Gasteiger partial charge is 0.0788 e. The molecule has 0 bridgehead atoms. The van der Waals surface area contributed by atoms with E-state index in [4.69, 9.17) is 0 Å². The maximum Gasteiger partial charge on any atom is 0.0788 e. The average Bonchev–Trinajstić information content (AvgIpc) is 2.17. The van der Waals surface area contributed by atoms with Gasteiger partial charge in [0.05, 0.1) is 17.4 Å². The van der Waals surface area contributed by atoms with Crippen molar-refractivity contribution in [2.24, 2.45) is 0 Å². The van der Waals surface area contributed by atoms with E-state index in [0.29, 0.717) is 6.04 Å². The topological polar surface area (TPSA) is 37.8 Å². The van der Waals surface area contributed by atoms with Crippen LogP contribution in [0.1, 0.15) is 30.8 Å². The fraction of sp³-hybridized carbons (Fsp3) is 0.556. The van der Waals surface area contributed by atoms with Gasteiger partial charge in [-0.05, 0) is 6.42 Å². The van der Waals surface area contributed by atoms with Crippen LogP contribution < -0.4 is 5.32 Å². The summed E-state index contributed by atoms with van der Waals surface area (Å²) in [6.07, 6.45) is 5.65. The van der Waals surface area contributed by atoms with Crippen molar-refractivity contribution in [2.45, 2.75) is 25.8 Å². The van der Waals surface area contributed by atoms with Gasteiger partial charge >= 0.3 is 0 Å². The van der Waals surface area contributed by atoms with Gasteiger partial charge < -0.3 is 5.32 Å². The molecule has 1 aliphatic heterocycles. The van der Waals surface area contributed by atoms with Crippen LogP contribution in [0, 0.1) is 0 Å². The molecular formula is C9H15Cl2N3. The Kier molecular flexibility index (Phi) is 6.00. The van der Waals surface area contributed by atoms with Gasteiger partial charge in [-0.2, -0.15) is 0 Å². The molecule has 1 aromatic heterocycles. The second-order valence-electron chi connectivity index (χ2n) is 3.05. The number of nitrogens with zero attached hydrogens (tertiary/aromatic N) is 2. The average molecular weight is 236 g/mol. The second-order valence-corrected chi connectivity index (χ2v) is 3.05. The molecule has 1 N–H and O–H groups in total. The van der Waals surface area contributed by atoms with Crippen molar-refractivity contribution >= 4 is 24.8 Å². The first-order valence-corrected chi connectivity index (χ1v) is 4.45. The first kappa shape index (κ1) is 13.6. The number of hydrogen-bond acceptors (Lipinski definition) is 3. The van der Waals surface area contributed by atoms with Gasteiger partial charge in [0, 0.05) is 25.4 Å². The largest absolute Gasteiger partial charge is 0.308 e. The lowest BCUT2D eigenvalue weighted by atomic mass is 10.0. The Balaban J connectivity index is 0.000000845. The SMILES string of the molecule is CCC1NCCc2nccnc21.Cl.Cl. The summed E-state index contributed by atoms with van der Waals surface area (Å²) in [6, 6.07) is 0.419. The maximum atomic E-state index is 4.35. The minimum absolute atomic E-state index is 0. The molecule has 3 nitrogen and oxygen atoms in total. The third-order valence-electron chi connectivity index (χ3n) is 2.30. The molecule has 0 spiro atoms. The van der Waals surface area contributed by atoms with Crippen LogP contribution in [0.4, 0.5) is 0 Å². The van der Waals surface area contributed by atoms with Gasteiger partial charge in [0.2, 0.25) is 0 Å². The summed E-state index contributed by atoms with van der Waals surface area (Å²) < 4.78 is 0. The second kappa shape index (κ2) is 6.17. The van der Waals surface area contributed by atoms with Crippen LogP contribution in [0.25, 0.3) is 0 Å². The van der Waals surface area contributed by atoms with Crippen LogP contribution in [0.15, 0.2) is 12.4 Å². The summed E-state index contributed by atoms with van der Waals surface area (Å²) >= 11 is 0. The molecule has 0 aliphatic carbocycles. The summed E-state index contributed by atoms with van der Waals surface area (Å²) in [5.41, 5.74) is 2.31. The Labute approximate surface area is 96.5 Å². The van der Waals surface area contributed by atoms with Crippen LogP contribution in [0.2, 0.25) is 0 Å². The van der Waals surface area contributed by atoms with E-state index in [2.05, 4.69) is 22.2 Å². The third kappa shape index (κ3) is 2.56. The van der Waals surface area contributed by atoms with Crippen LogP contribution in [-0.4, -0.2) is 16.5 Å². The van der Waals surface area contributed by atoms with Crippen molar-refractivity contribution in [3.63, 3.8) is 0 Å². The molecule has 80 valence electrons. The number of rotatable bonds is 1. The Bertz CT molecular complexity index is 281. The van der Waals surface area contributed by atoms with E-state index < -0.39 is 0 Å². The molecule has 0 aromatic carbocycles. The van der Waals surface area contributed by atoms with E-state index in [-0.39, 0.29) is 24.8 Å². The molecule has 2 heterocycles. The number of halogens is 2. The van der Waals surface area contributed by atoms with Crippen molar-refractivity contribution in [3.05, 3.63) is 23.8 Å². The van der Waals surface area contributed by atoms with Crippen LogP contribution in [0.5, 0.6) is 0 Å². The molecule has 1 unspecified atom stereocenters. The highest BCUT2D eigenvalue weighted by molar-refractivity contribution is 5.85. The Morgan fingerprint density at radius 1 is 1.36 bits per heavy atom. The lowest BCUT2D eigenvalue weighted by Gasteiger charge is -2.23. The van der Waals surface area contributed by atoms with E-state index in [1.165, 1.54) is 5.69 Å². The molecule has 1 aliphatic rings. The summed E-state index contributed by atoms with van der Waals surface area (Å²) in [4.78, 5) is 8.66. The molecule has 14 heavy (non-hydrogen) atoms. The minimum Gasteiger partial charge on any atom is -0.308 e. The first-order valence-electron chi connectivity index (χ1n) is 4.45. The van der Waals surface area contributed by atoms with Crippen LogP contribution in [-0.2, 0) is 6.42 Å². The van der Waals surface area contributed by atoms with Crippen molar-refractivity contribution < 1.29 is 0 Å². The fourth-order valence-corrected chi connectivity index (χ4v) is 1.66. The minimum atomic E-state index is 0. The normalized spacial score (nSPS) is 18.8. The summed E-state index contributed by atoms with van der Waals surface area (Å²) in [7, 11) is 0. The number of hydrogen-bond donors (Lipinski definition) is 1. The molecule has 0 saturated heterocycles. The molecular weight excluding hydrogens is 221 g/mol. The number of aromatic nitrogens is 2. The van der Waals surface area contributed by atoms with Crippen LogP contribution >= 0.6 is 24.8 Å². The van der Waals surface area contributed by atoms with E-state index in [1.807, 2.05) is 0 Å². The maximum absolute atomic E-state index is 4.35. The van der Waals surface area contributed by atoms with Gasteiger partial charge in [0.25, 0.3) is 0 Å². The molecule has 0 saturated carbocycles. The summed E-state index contributed by atoms with van der Waals surface area (Å²) in [6.45, 7) is 3.20.